The second kappa shape index (κ2) is 8.79. The molecule has 2 nitrogen and oxygen atoms in total. The zero-order valence-corrected chi connectivity index (χ0v) is 14.3. The van der Waals surface area contributed by atoms with Gasteiger partial charge < -0.3 is 10.1 Å². The second-order valence-electron chi connectivity index (χ2n) is 7.43. The summed E-state index contributed by atoms with van der Waals surface area (Å²) in [5.41, 5.74) is 0. The molecular formula is C18H33NOS. The molecule has 3 heterocycles. The van der Waals surface area contributed by atoms with Crippen LogP contribution in [0.1, 0.15) is 51.4 Å². The van der Waals surface area contributed by atoms with Gasteiger partial charge in [-0.25, -0.2) is 0 Å². The first kappa shape index (κ1) is 16.1. The molecule has 122 valence electrons. The zero-order valence-electron chi connectivity index (χ0n) is 13.5. The Balaban J connectivity index is 1.50. The van der Waals surface area contributed by atoms with Crippen LogP contribution in [0.5, 0.6) is 0 Å². The van der Waals surface area contributed by atoms with E-state index in [2.05, 4.69) is 17.1 Å². The third kappa shape index (κ3) is 4.87. The van der Waals surface area contributed by atoms with Gasteiger partial charge >= 0.3 is 0 Å². The second-order valence-corrected chi connectivity index (χ2v) is 8.50. The van der Waals surface area contributed by atoms with Gasteiger partial charge in [0.15, 0.2) is 0 Å². The van der Waals surface area contributed by atoms with Crippen molar-refractivity contribution in [2.75, 3.05) is 37.8 Å². The third-order valence-electron chi connectivity index (χ3n) is 5.94. The van der Waals surface area contributed by atoms with E-state index in [0.29, 0.717) is 0 Å². The maximum absolute atomic E-state index is 5.84. The Labute approximate surface area is 135 Å². The van der Waals surface area contributed by atoms with E-state index >= 15 is 0 Å². The minimum absolute atomic E-state index is 0.853. The predicted octanol–water partition coefficient (Wildman–Crippen LogP) is 3.95. The van der Waals surface area contributed by atoms with Crippen LogP contribution in [0.2, 0.25) is 0 Å². The van der Waals surface area contributed by atoms with Crippen molar-refractivity contribution in [1.29, 1.82) is 0 Å². The molecule has 0 radical (unpaired) electrons. The minimum atomic E-state index is 0.853. The summed E-state index contributed by atoms with van der Waals surface area (Å²) in [5.74, 6) is 6.51. The Hall–Kier alpha value is 0.270. The average molecular weight is 312 g/mol. The van der Waals surface area contributed by atoms with Crippen molar-refractivity contribution in [3.05, 3.63) is 0 Å². The zero-order chi connectivity index (χ0) is 14.3. The SMILES string of the molecule is C1CCC(C2CCC(C3CCCCOC3)CSC2)CNC1. The number of rotatable bonds is 2. The summed E-state index contributed by atoms with van der Waals surface area (Å²) in [4.78, 5) is 0. The highest BCUT2D eigenvalue weighted by Crippen LogP contribution is 2.37. The molecule has 1 N–H and O–H groups in total. The van der Waals surface area contributed by atoms with Crippen LogP contribution in [0.3, 0.4) is 0 Å². The van der Waals surface area contributed by atoms with Crippen LogP contribution in [0.25, 0.3) is 0 Å². The van der Waals surface area contributed by atoms with Gasteiger partial charge in [-0.3, -0.25) is 0 Å². The number of hydrogen-bond donors (Lipinski definition) is 1. The highest BCUT2D eigenvalue weighted by molar-refractivity contribution is 7.99. The fourth-order valence-electron chi connectivity index (χ4n) is 4.46. The van der Waals surface area contributed by atoms with E-state index in [9.17, 15) is 0 Å². The smallest absolute Gasteiger partial charge is 0.0497 e. The van der Waals surface area contributed by atoms with Crippen LogP contribution >= 0.6 is 11.8 Å². The molecule has 21 heavy (non-hydrogen) atoms. The third-order valence-corrected chi connectivity index (χ3v) is 7.26. The molecule has 0 aromatic rings. The molecule has 0 aromatic carbocycles. The van der Waals surface area contributed by atoms with Crippen LogP contribution in [-0.2, 0) is 4.74 Å². The van der Waals surface area contributed by atoms with Crippen LogP contribution in [0.4, 0.5) is 0 Å². The van der Waals surface area contributed by atoms with Crippen molar-refractivity contribution in [1.82, 2.24) is 5.32 Å². The van der Waals surface area contributed by atoms with Gasteiger partial charge in [0.2, 0.25) is 0 Å². The fraction of sp³-hybridized carbons (Fsp3) is 1.00. The number of nitrogens with one attached hydrogen (secondary N) is 1. The molecule has 3 aliphatic heterocycles. The van der Waals surface area contributed by atoms with E-state index in [-0.39, 0.29) is 0 Å². The molecule has 0 spiro atoms. The van der Waals surface area contributed by atoms with Crippen LogP contribution in [0.15, 0.2) is 0 Å². The number of ether oxygens (including phenoxy) is 1. The highest BCUT2D eigenvalue weighted by atomic mass is 32.2. The van der Waals surface area contributed by atoms with Gasteiger partial charge in [-0.2, -0.15) is 11.8 Å². The quantitative estimate of drug-likeness (QED) is 0.834. The van der Waals surface area contributed by atoms with E-state index in [1.54, 1.807) is 0 Å². The van der Waals surface area contributed by atoms with Gasteiger partial charge in [0.25, 0.3) is 0 Å². The van der Waals surface area contributed by atoms with Crippen LogP contribution < -0.4 is 5.32 Å². The van der Waals surface area contributed by atoms with E-state index in [0.717, 1.165) is 36.9 Å². The number of hydrogen-bond acceptors (Lipinski definition) is 3. The van der Waals surface area contributed by atoms with Gasteiger partial charge in [-0.15, -0.1) is 0 Å². The fourth-order valence-corrected chi connectivity index (χ4v) is 6.08. The van der Waals surface area contributed by atoms with Crippen molar-refractivity contribution in [2.45, 2.75) is 51.4 Å². The lowest BCUT2D eigenvalue weighted by atomic mass is 9.81. The van der Waals surface area contributed by atoms with Gasteiger partial charge in [0.05, 0.1) is 0 Å². The summed E-state index contributed by atoms with van der Waals surface area (Å²) in [6.45, 7) is 4.58. The maximum atomic E-state index is 5.84. The normalized spacial score (nSPS) is 40.0. The van der Waals surface area contributed by atoms with Crippen molar-refractivity contribution < 1.29 is 4.74 Å². The highest BCUT2D eigenvalue weighted by Gasteiger charge is 2.30. The average Bonchev–Trinajstić information content (AvgIpc) is 3.01. The molecule has 0 bridgehead atoms. The molecular weight excluding hydrogens is 278 g/mol. The lowest BCUT2D eigenvalue weighted by Crippen LogP contribution is -2.27. The molecule has 3 fully saturated rings. The topological polar surface area (TPSA) is 21.3 Å². The summed E-state index contributed by atoms with van der Waals surface area (Å²) in [6.07, 6.45) is 11.3. The van der Waals surface area contributed by atoms with Gasteiger partial charge in [-0.05, 0) is 86.8 Å². The van der Waals surface area contributed by atoms with E-state index in [1.807, 2.05) is 0 Å². The molecule has 0 aromatic heterocycles. The van der Waals surface area contributed by atoms with Crippen molar-refractivity contribution in [3.63, 3.8) is 0 Å². The van der Waals surface area contributed by atoms with Gasteiger partial charge in [0.1, 0.15) is 0 Å². The lowest BCUT2D eigenvalue weighted by molar-refractivity contribution is 0.0941. The first-order valence-corrected chi connectivity index (χ1v) is 10.4. The molecule has 3 rings (SSSR count). The molecule has 4 atom stereocenters. The molecule has 0 amide bonds. The van der Waals surface area contributed by atoms with Crippen molar-refractivity contribution >= 4 is 11.8 Å². The van der Waals surface area contributed by atoms with Gasteiger partial charge in [-0.1, -0.05) is 12.8 Å². The van der Waals surface area contributed by atoms with Crippen molar-refractivity contribution in [3.8, 4) is 0 Å². The molecule has 4 unspecified atom stereocenters. The largest absolute Gasteiger partial charge is 0.381 e. The van der Waals surface area contributed by atoms with Crippen LogP contribution in [-0.4, -0.2) is 37.8 Å². The Morgan fingerprint density at radius 3 is 2.43 bits per heavy atom. The monoisotopic (exact) mass is 311 g/mol. The molecule has 0 aliphatic carbocycles. The molecule has 3 saturated heterocycles. The number of thioether (sulfide) groups is 1. The molecule has 3 aliphatic rings. The molecule has 0 saturated carbocycles. The Morgan fingerprint density at radius 2 is 1.52 bits per heavy atom. The van der Waals surface area contributed by atoms with Crippen molar-refractivity contribution in [2.24, 2.45) is 23.7 Å². The van der Waals surface area contributed by atoms with Crippen LogP contribution in [0, 0.1) is 23.7 Å². The van der Waals surface area contributed by atoms with E-state index in [4.69, 9.17) is 4.74 Å². The summed E-state index contributed by atoms with van der Waals surface area (Å²) in [5, 5.41) is 3.67. The summed E-state index contributed by atoms with van der Waals surface area (Å²) < 4.78 is 5.84. The van der Waals surface area contributed by atoms with Gasteiger partial charge in [0, 0.05) is 13.2 Å². The predicted molar refractivity (Wildman–Crippen MR) is 91.9 cm³/mol. The Bertz CT molecular complexity index is 255. The standard InChI is InChI=1S/C18H33NOS/c1-3-9-19-11-15(5-1)17-7-8-18(14-21-13-17)16-6-2-4-10-20-12-16/h15-19H,1-14H2. The maximum Gasteiger partial charge on any atom is 0.0497 e. The summed E-state index contributed by atoms with van der Waals surface area (Å²) in [6, 6.07) is 0. The Kier molecular flexibility index (Phi) is 6.75. The first-order valence-electron chi connectivity index (χ1n) is 9.29. The lowest BCUT2D eigenvalue weighted by Gasteiger charge is -2.26. The van der Waals surface area contributed by atoms with E-state index in [1.165, 1.54) is 76.0 Å². The molecule has 3 heteroatoms. The van der Waals surface area contributed by atoms with E-state index < -0.39 is 0 Å². The summed E-state index contributed by atoms with van der Waals surface area (Å²) in [7, 11) is 0. The summed E-state index contributed by atoms with van der Waals surface area (Å²) >= 11 is 2.25. The minimum Gasteiger partial charge on any atom is -0.381 e. The Morgan fingerprint density at radius 1 is 0.762 bits per heavy atom. The first-order chi connectivity index (χ1) is 10.4.